The van der Waals surface area contributed by atoms with Crippen molar-refractivity contribution in [2.45, 2.75) is 24.8 Å². The Labute approximate surface area is 145 Å². The molecule has 1 saturated heterocycles. The zero-order valence-corrected chi connectivity index (χ0v) is 14.3. The van der Waals surface area contributed by atoms with Gasteiger partial charge in [-0.1, -0.05) is 0 Å². The molecular formula is C17H17N5O2S. The molecule has 4 heterocycles. The van der Waals surface area contributed by atoms with E-state index in [0.717, 1.165) is 22.2 Å². The van der Waals surface area contributed by atoms with E-state index < -0.39 is 15.4 Å². The average molecular weight is 355 g/mol. The number of H-pyrrole nitrogens is 1. The van der Waals surface area contributed by atoms with Crippen molar-refractivity contribution in [2.75, 3.05) is 11.5 Å². The zero-order chi connectivity index (χ0) is 17.5. The van der Waals surface area contributed by atoms with Gasteiger partial charge in [-0.3, -0.25) is 4.68 Å². The van der Waals surface area contributed by atoms with Crippen LogP contribution in [0, 0.1) is 11.3 Å². The lowest BCUT2D eigenvalue weighted by atomic mass is 9.89. The molecule has 3 aromatic rings. The van der Waals surface area contributed by atoms with Crippen LogP contribution < -0.4 is 0 Å². The van der Waals surface area contributed by atoms with Crippen LogP contribution in [0.15, 0.2) is 36.9 Å². The van der Waals surface area contributed by atoms with Gasteiger partial charge in [0.05, 0.1) is 35.7 Å². The largest absolute Gasteiger partial charge is 0.346 e. The van der Waals surface area contributed by atoms with Crippen molar-refractivity contribution in [2.24, 2.45) is 0 Å². The fourth-order valence-corrected chi connectivity index (χ4v) is 5.05. The predicted octanol–water partition coefficient (Wildman–Crippen LogP) is 2.24. The van der Waals surface area contributed by atoms with Gasteiger partial charge in [0, 0.05) is 35.1 Å². The summed E-state index contributed by atoms with van der Waals surface area (Å²) in [6, 6.07) is 6.08. The first kappa shape index (κ1) is 15.8. The highest BCUT2D eigenvalue weighted by Gasteiger charge is 2.39. The second kappa shape index (κ2) is 5.70. The number of rotatable bonds is 3. The van der Waals surface area contributed by atoms with E-state index in [4.69, 9.17) is 0 Å². The molecule has 0 aliphatic carbocycles. The van der Waals surface area contributed by atoms with Crippen molar-refractivity contribution in [3.05, 3.63) is 36.9 Å². The Hall–Kier alpha value is -2.66. The monoisotopic (exact) mass is 355 g/mol. The van der Waals surface area contributed by atoms with E-state index in [9.17, 15) is 13.7 Å². The summed E-state index contributed by atoms with van der Waals surface area (Å²) < 4.78 is 25.4. The third-order valence-corrected chi connectivity index (χ3v) is 6.65. The maximum absolute atomic E-state index is 11.8. The van der Waals surface area contributed by atoms with Crippen LogP contribution in [0.3, 0.4) is 0 Å². The fourth-order valence-electron chi connectivity index (χ4n) is 3.47. The molecule has 25 heavy (non-hydrogen) atoms. The molecule has 7 nitrogen and oxygen atoms in total. The predicted molar refractivity (Wildman–Crippen MR) is 93.4 cm³/mol. The highest BCUT2D eigenvalue weighted by atomic mass is 32.2. The van der Waals surface area contributed by atoms with Gasteiger partial charge in [0.2, 0.25) is 0 Å². The quantitative estimate of drug-likeness (QED) is 0.776. The number of sulfone groups is 1. The fraction of sp³-hybridized carbons (Fsp3) is 0.353. The van der Waals surface area contributed by atoms with Gasteiger partial charge >= 0.3 is 0 Å². The van der Waals surface area contributed by atoms with Crippen LogP contribution in [0.2, 0.25) is 0 Å². The van der Waals surface area contributed by atoms with Crippen LogP contribution in [-0.4, -0.2) is 39.7 Å². The van der Waals surface area contributed by atoms with E-state index >= 15 is 0 Å². The number of nitrogens with zero attached hydrogens (tertiary/aromatic N) is 4. The minimum Gasteiger partial charge on any atom is -0.346 e. The Kier molecular flexibility index (Phi) is 3.62. The zero-order valence-electron chi connectivity index (χ0n) is 13.5. The summed E-state index contributed by atoms with van der Waals surface area (Å²) in [6.07, 6.45) is 8.37. The lowest BCUT2D eigenvalue weighted by Crippen LogP contribution is -2.42. The van der Waals surface area contributed by atoms with Crippen LogP contribution >= 0.6 is 0 Å². The van der Waals surface area contributed by atoms with Crippen LogP contribution in [0.25, 0.3) is 22.2 Å². The Morgan fingerprint density at radius 1 is 1.36 bits per heavy atom. The molecule has 1 aliphatic rings. The average Bonchev–Trinajstić information content (AvgIpc) is 3.24. The van der Waals surface area contributed by atoms with Gasteiger partial charge in [-0.15, -0.1) is 0 Å². The topological polar surface area (TPSA) is 104 Å². The lowest BCUT2D eigenvalue weighted by molar-refractivity contribution is 0.234. The highest BCUT2D eigenvalue weighted by molar-refractivity contribution is 7.91. The van der Waals surface area contributed by atoms with Gasteiger partial charge in [-0.05, 0) is 25.0 Å². The van der Waals surface area contributed by atoms with Crippen LogP contribution in [0.5, 0.6) is 0 Å². The Balaban J connectivity index is 1.73. The summed E-state index contributed by atoms with van der Waals surface area (Å²) in [5, 5.41) is 14.7. The van der Waals surface area contributed by atoms with E-state index in [0.29, 0.717) is 12.8 Å². The van der Waals surface area contributed by atoms with Gasteiger partial charge in [0.1, 0.15) is 5.65 Å². The van der Waals surface area contributed by atoms with Crippen LogP contribution in [0.4, 0.5) is 0 Å². The molecule has 0 atom stereocenters. The van der Waals surface area contributed by atoms with Crippen molar-refractivity contribution >= 4 is 20.9 Å². The normalized spacial score (nSPS) is 18.8. The Bertz CT molecular complexity index is 1060. The van der Waals surface area contributed by atoms with Crippen molar-refractivity contribution in [1.29, 1.82) is 5.26 Å². The first-order chi connectivity index (χ1) is 12.0. The summed E-state index contributed by atoms with van der Waals surface area (Å²) in [7, 11) is -3.01. The molecule has 1 aliphatic heterocycles. The molecule has 128 valence electrons. The van der Waals surface area contributed by atoms with E-state index in [-0.39, 0.29) is 17.9 Å². The van der Waals surface area contributed by atoms with E-state index in [1.807, 2.05) is 24.5 Å². The third kappa shape index (κ3) is 2.70. The maximum Gasteiger partial charge on any atom is 0.150 e. The van der Waals surface area contributed by atoms with Crippen LogP contribution in [0.1, 0.15) is 19.3 Å². The molecule has 0 bridgehead atoms. The van der Waals surface area contributed by atoms with Gasteiger partial charge < -0.3 is 4.98 Å². The number of aromatic amines is 1. The molecule has 0 spiro atoms. The first-order valence-electron chi connectivity index (χ1n) is 8.08. The minimum atomic E-state index is -3.01. The lowest BCUT2D eigenvalue weighted by Gasteiger charge is -2.35. The molecule has 0 aromatic carbocycles. The molecule has 0 radical (unpaired) electrons. The number of nitriles is 1. The summed E-state index contributed by atoms with van der Waals surface area (Å²) in [5.74, 6) is 0.196. The SMILES string of the molecule is N#CCC1(n2cc(-c3c[nH]c4ncccc34)cn2)CCS(=O)(=O)CC1. The molecule has 1 fully saturated rings. The second-order valence-corrected chi connectivity index (χ2v) is 8.79. The maximum atomic E-state index is 11.8. The van der Waals surface area contributed by atoms with Crippen molar-refractivity contribution in [1.82, 2.24) is 19.7 Å². The van der Waals surface area contributed by atoms with Crippen molar-refractivity contribution < 1.29 is 8.42 Å². The Morgan fingerprint density at radius 3 is 2.92 bits per heavy atom. The number of aromatic nitrogens is 4. The van der Waals surface area contributed by atoms with E-state index in [2.05, 4.69) is 21.1 Å². The first-order valence-corrected chi connectivity index (χ1v) is 9.90. The number of fused-ring (bicyclic) bond motifs is 1. The standard InChI is InChI=1S/C17H17N5O2S/c18-6-3-17(4-8-25(23,24)9-5-17)22-12-13(10-21-22)15-11-20-16-14(15)2-1-7-19-16/h1-2,7,10-12H,3-5,8-9H2,(H,19,20). The molecule has 1 N–H and O–H groups in total. The van der Waals surface area contributed by atoms with Crippen LogP contribution in [-0.2, 0) is 15.4 Å². The number of pyridine rings is 1. The third-order valence-electron chi connectivity index (χ3n) is 5.00. The molecular weight excluding hydrogens is 338 g/mol. The Morgan fingerprint density at radius 2 is 2.16 bits per heavy atom. The van der Waals surface area contributed by atoms with Gasteiger partial charge in [-0.2, -0.15) is 10.4 Å². The number of hydrogen-bond acceptors (Lipinski definition) is 5. The number of hydrogen-bond donors (Lipinski definition) is 1. The molecule has 3 aromatic heterocycles. The summed E-state index contributed by atoms with van der Waals surface area (Å²) in [4.78, 5) is 7.43. The van der Waals surface area contributed by atoms with Gasteiger partial charge in [-0.25, -0.2) is 13.4 Å². The molecule has 0 saturated carbocycles. The van der Waals surface area contributed by atoms with Gasteiger partial charge in [0.25, 0.3) is 0 Å². The summed E-state index contributed by atoms with van der Waals surface area (Å²) in [5.41, 5.74) is 2.17. The molecule has 8 heteroatoms. The van der Waals surface area contributed by atoms with E-state index in [1.165, 1.54) is 0 Å². The second-order valence-electron chi connectivity index (χ2n) is 6.49. The number of nitrogens with one attached hydrogen (secondary N) is 1. The van der Waals surface area contributed by atoms with Gasteiger partial charge in [0.15, 0.2) is 9.84 Å². The minimum absolute atomic E-state index is 0.0981. The smallest absolute Gasteiger partial charge is 0.150 e. The van der Waals surface area contributed by atoms with Crippen molar-refractivity contribution in [3.63, 3.8) is 0 Å². The van der Waals surface area contributed by atoms with E-state index in [1.54, 1.807) is 17.1 Å². The summed E-state index contributed by atoms with van der Waals surface area (Å²) in [6.45, 7) is 0. The molecule has 4 rings (SSSR count). The summed E-state index contributed by atoms with van der Waals surface area (Å²) >= 11 is 0. The molecule has 0 unspecified atom stereocenters. The van der Waals surface area contributed by atoms with Crippen molar-refractivity contribution in [3.8, 4) is 17.2 Å². The molecule has 0 amide bonds. The highest BCUT2D eigenvalue weighted by Crippen LogP contribution is 2.36.